The zero-order chi connectivity index (χ0) is 17.3. The van der Waals surface area contributed by atoms with Gasteiger partial charge in [-0.1, -0.05) is 17.8 Å². The number of hydrogen-bond donors (Lipinski definition) is 0. The molecule has 2 heterocycles. The zero-order valence-electron chi connectivity index (χ0n) is 13.2. The predicted molar refractivity (Wildman–Crippen MR) is 88.1 cm³/mol. The molecule has 7 heteroatoms. The molecule has 0 saturated carbocycles. The standard InChI is InChI=1S/C17H15NO5S/c1-3-23-17(21)13-11(16(20)22-2)8-12(19)14-15(13)24-9-10-6-4-5-7-18(10)14/h4-7,9H,3,8H2,1-2H3. The summed E-state index contributed by atoms with van der Waals surface area (Å²) in [6.45, 7) is 1.86. The van der Waals surface area contributed by atoms with E-state index in [0.717, 1.165) is 5.70 Å². The minimum Gasteiger partial charge on any atom is -0.466 e. The quantitative estimate of drug-likeness (QED) is 0.726. The predicted octanol–water partition coefficient (Wildman–Crippen LogP) is 2.18. The number of ketones is 1. The molecule has 0 amide bonds. The molecule has 6 nitrogen and oxygen atoms in total. The van der Waals surface area contributed by atoms with Crippen LogP contribution in [0.1, 0.15) is 13.3 Å². The summed E-state index contributed by atoms with van der Waals surface area (Å²) in [5.74, 6) is -1.56. The van der Waals surface area contributed by atoms with Crippen LogP contribution in [-0.2, 0) is 23.9 Å². The number of methoxy groups -OCH3 is 1. The Balaban J connectivity index is 2.16. The molecule has 0 spiro atoms. The zero-order valence-corrected chi connectivity index (χ0v) is 14.0. The Morgan fingerprint density at radius 1 is 1.29 bits per heavy atom. The van der Waals surface area contributed by atoms with Crippen LogP contribution in [0.5, 0.6) is 0 Å². The Kier molecular flexibility index (Phi) is 4.44. The molecular formula is C17H15NO5S. The summed E-state index contributed by atoms with van der Waals surface area (Å²) in [5.41, 5.74) is 1.37. The van der Waals surface area contributed by atoms with Crippen LogP contribution in [0.15, 0.2) is 57.3 Å². The molecule has 0 bridgehead atoms. The van der Waals surface area contributed by atoms with Crippen LogP contribution in [0.2, 0.25) is 0 Å². The number of thioether (sulfide) groups is 1. The second-order valence-electron chi connectivity index (χ2n) is 5.07. The van der Waals surface area contributed by atoms with E-state index in [1.54, 1.807) is 24.1 Å². The summed E-state index contributed by atoms with van der Waals surface area (Å²) in [6, 6.07) is 0. The number of Topliss-reactive ketones (excluding diaryl/α,β-unsaturated/α-hetero) is 1. The molecule has 0 aromatic rings. The van der Waals surface area contributed by atoms with E-state index in [9.17, 15) is 14.4 Å². The van der Waals surface area contributed by atoms with Gasteiger partial charge in [0.15, 0.2) is 5.78 Å². The van der Waals surface area contributed by atoms with Crippen LogP contribution in [-0.4, -0.2) is 36.3 Å². The van der Waals surface area contributed by atoms with Crippen LogP contribution >= 0.6 is 11.8 Å². The third-order valence-electron chi connectivity index (χ3n) is 3.69. The van der Waals surface area contributed by atoms with Crippen molar-refractivity contribution in [3.63, 3.8) is 0 Å². The molecule has 2 aliphatic heterocycles. The van der Waals surface area contributed by atoms with Gasteiger partial charge in [-0.3, -0.25) is 4.79 Å². The summed E-state index contributed by atoms with van der Waals surface area (Å²) in [6.07, 6.45) is 7.10. The number of nitrogens with zero attached hydrogens (tertiary/aromatic N) is 1. The summed E-state index contributed by atoms with van der Waals surface area (Å²) in [7, 11) is 1.22. The van der Waals surface area contributed by atoms with E-state index >= 15 is 0 Å². The van der Waals surface area contributed by atoms with E-state index in [4.69, 9.17) is 9.47 Å². The molecular weight excluding hydrogens is 330 g/mol. The van der Waals surface area contributed by atoms with Gasteiger partial charge in [-0.15, -0.1) is 0 Å². The molecule has 0 N–H and O–H groups in total. The van der Waals surface area contributed by atoms with Crippen molar-refractivity contribution in [1.82, 2.24) is 4.90 Å². The van der Waals surface area contributed by atoms with Crippen molar-refractivity contribution in [2.75, 3.05) is 13.7 Å². The maximum absolute atomic E-state index is 12.6. The Bertz CT molecular complexity index is 785. The van der Waals surface area contributed by atoms with Gasteiger partial charge in [0.05, 0.1) is 35.5 Å². The molecule has 0 saturated heterocycles. The molecule has 0 aromatic carbocycles. The number of carbonyl (C=O) groups excluding carboxylic acids is 3. The lowest BCUT2D eigenvalue weighted by Crippen LogP contribution is -2.32. The van der Waals surface area contributed by atoms with Gasteiger partial charge in [-0.2, -0.15) is 0 Å². The first-order valence-corrected chi connectivity index (χ1v) is 8.23. The minimum atomic E-state index is -0.692. The lowest BCUT2D eigenvalue weighted by atomic mass is 9.92. The summed E-state index contributed by atoms with van der Waals surface area (Å²) >= 11 is 1.23. The Hall–Kier alpha value is -2.54. The first-order valence-electron chi connectivity index (χ1n) is 7.35. The number of ether oxygens (including phenoxy) is 2. The number of carbonyl (C=O) groups is 3. The Morgan fingerprint density at radius 2 is 2.08 bits per heavy atom. The highest BCUT2D eigenvalue weighted by molar-refractivity contribution is 8.06. The maximum Gasteiger partial charge on any atom is 0.339 e. The number of rotatable bonds is 3. The SMILES string of the molecule is CCOC(=O)C1=C(C(=O)OC)CC(=O)C2=C1SC=C1C=CC=CN12. The maximum atomic E-state index is 12.6. The minimum absolute atomic E-state index is 0.0422. The fourth-order valence-electron chi connectivity index (χ4n) is 2.67. The van der Waals surface area contributed by atoms with Gasteiger partial charge in [0.1, 0.15) is 5.70 Å². The van der Waals surface area contributed by atoms with E-state index in [1.165, 1.54) is 18.9 Å². The van der Waals surface area contributed by atoms with Gasteiger partial charge >= 0.3 is 11.9 Å². The largest absolute Gasteiger partial charge is 0.466 e. The average Bonchev–Trinajstić information content (AvgIpc) is 2.60. The van der Waals surface area contributed by atoms with Crippen molar-refractivity contribution in [3.8, 4) is 0 Å². The van der Waals surface area contributed by atoms with Crippen LogP contribution in [0.25, 0.3) is 0 Å². The average molecular weight is 345 g/mol. The Morgan fingerprint density at radius 3 is 2.79 bits per heavy atom. The number of fused-ring (bicyclic) bond motifs is 2. The first-order chi connectivity index (χ1) is 11.6. The monoisotopic (exact) mass is 345 g/mol. The fraction of sp³-hybridized carbons (Fsp3) is 0.235. The number of allylic oxidation sites excluding steroid dienone is 4. The van der Waals surface area contributed by atoms with E-state index in [1.807, 2.05) is 17.6 Å². The van der Waals surface area contributed by atoms with Crippen LogP contribution in [0, 0.1) is 0 Å². The van der Waals surface area contributed by atoms with Crippen LogP contribution in [0.3, 0.4) is 0 Å². The van der Waals surface area contributed by atoms with Crippen molar-refractivity contribution in [3.05, 3.63) is 57.3 Å². The van der Waals surface area contributed by atoms with Gasteiger partial charge in [0.25, 0.3) is 0 Å². The third kappa shape index (κ3) is 2.60. The number of hydrogen-bond acceptors (Lipinski definition) is 7. The van der Waals surface area contributed by atoms with Crippen molar-refractivity contribution in [2.24, 2.45) is 0 Å². The van der Waals surface area contributed by atoms with Crippen molar-refractivity contribution in [1.29, 1.82) is 0 Å². The summed E-state index contributed by atoms with van der Waals surface area (Å²) in [5, 5.41) is 1.82. The van der Waals surface area contributed by atoms with Gasteiger partial charge in [-0.05, 0) is 19.1 Å². The van der Waals surface area contributed by atoms with E-state index in [2.05, 4.69) is 0 Å². The molecule has 0 atom stereocenters. The van der Waals surface area contributed by atoms with E-state index in [-0.39, 0.29) is 30.0 Å². The number of esters is 2. The Labute approximate surface area is 143 Å². The van der Waals surface area contributed by atoms with Crippen molar-refractivity contribution in [2.45, 2.75) is 13.3 Å². The van der Waals surface area contributed by atoms with Gasteiger partial charge in [0, 0.05) is 18.0 Å². The fourth-order valence-corrected chi connectivity index (χ4v) is 3.74. The lowest BCUT2D eigenvalue weighted by Gasteiger charge is -2.34. The van der Waals surface area contributed by atoms with E-state index in [0.29, 0.717) is 10.6 Å². The molecule has 0 radical (unpaired) electrons. The molecule has 0 fully saturated rings. The summed E-state index contributed by atoms with van der Waals surface area (Å²) in [4.78, 5) is 39.3. The first kappa shape index (κ1) is 16.3. The smallest absolute Gasteiger partial charge is 0.339 e. The molecule has 0 aromatic heterocycles. The molecule has 3 aliphatic rings. The second-order valence-corrected chi connectivity index (χ2v) is 5.95. The van der Waals surface area contributed by atoms with E-state index < -0.39 is 11.9 Å². The van der Waals surface area contributed by atoms with Crippen molar-refractivity contribution >= 4 is 29.5 Å². The normalized spacial score (nSPS) is 19.0. The second kappa shape index (κ2) is 6.52. The molecule has 3 rings (SSSR count). The van der Waals surface area contributed by atoms with Crippen LogP contribution in [0.4, 0.5) is 0 Å². The topological polar surface area (TPSA) is 72.9 Å². The van der Waals surface area contributed by atoms with Gasteiger partial charge in [-0.25, -0.2) is 9.59 Å². The van der Waals surface area contributed by atoms with Gasteiger partial charge in [0.2, 0.25) is 0 Å². The van der Waals surface area contributed by atoms with Crippen molar-refractivity contribution < 1.29 is 23.9 Å². The molecule has 124 valence electrons. The molecule has 1 aliphatic carbocycles. The highest BCUT2D eigenvalue weighted by atomic mass is 32.2. The van der Waals surface area contributed by atoms with Gasteiger partial charge < -0.3 is 14.4 Å². The molecule has 24 heavy (non-hydrogen) atoms. The summed E-state index contributed by atoms with van der Waals surface area (Å²) < 4.78 is 9.83. The highest BCUT2D eigenvalue weighted by Crippen LogP contribution is 2.44. The highest BCUT2D eigenvalue weighted by Gasteiger charge is 2.39. The van der Waals surface area contributed by atoms with Crippen LogP contribution < -0.4 is 0 Å². The molecule has 0 unspecified atom stereocenters. The lowest BCUT2D eigenvalue weighted by molar-refractivity contribution is -0.141. The third-order valence-corrected chi connectivity index (χ3v) is 4.68.